The first-order valence-corrected chi connectivity index (χ1v) is 14.7. The van der Waals surface area contributed by atoms with E-state index in [1.54, 1.807) is 25.2 Å². The van der Waals surface area contributed by atoms with E-state index in [4.69, 9.17) is 16.3 Å². The molecule has 0 spiro atoms. The van der Waals surface area contributed by atoms with Crippen LogP contribution in [0.5, 0.6) is 0 Å². The molecule has 0 bridgehead atoms. The SMILES string of the molecule is CNC(=O)c1cccc(-c2nnc3n2CCN([C@H]2CC[C@](CNC(=O)OC(C)(C)C)(c4cccc(Cl)c4)CC2)C3=O)c1. The van der Waals surface area contributed by atoms with Crippen LogP contribution in [0.1, 0.15) is 73.0 Å². The van der Waals surface area contributed by atoms with E-state index in [2.05, 4.69) is 26.9 Å². The molecule has 2 aromatic carbocycles. The molecule has 2 N–H and O–H groups in total. The van der Waals surface area contributed by atoms with Crippen LogP contribution in [0.3, 0.4) is 0 Å². The molecule has 222 valence electrons. The highest BCUT2D eigenvalue weighted by atomic mass is 35.5. The van der Waals surface area contributed by atoms with Gasteiger partial charge in [0.1, 0.15) is 5.60 Å². The molecule has 42 heavy (non-hydrogen) atoms. The Kier molecular flexibility index (Phi) is 8.28. The number of benzene rings is 2. The zero-order valence-corrected chi connectivity index (χ0v) is 25.2. The average Bonchev–Trinajstić information content (AvgIpc) is 3.41. The summed E-state index contributed by atoms with van der Waals surface area (Å²) in [5, 5.41) is 14.9. The Balaban J connectivity index is 1.31. The fourth-order valence-electron chi connectivity index (χ4n) is 6.02. The van der Waals surface area contributed by atoms with Gasteiger partial charge in [-0.15, -0.1) is 10.2 Å². The summed E-state index contributed by atoms with van der Waals surface area (Å²) in [6, 6.07) is 15.0. The first-order valence-electron chi connectivity index (χ1n) is 14.3. The lowest BCUT2D eigenvalue weighted by molar-refractivity contribution is 0.0470. The van der Waals surface area contributed by atoms with Gasteiger partial charge in [-0.1, -0.05) is 35.9 Å². The Morgan fingerprint density at radius 1 is 1.05 bits per heavy atom. The van der Waals surface area contributed by atoms with Gasteiger partial charge >= 0.3 is 6.09 Å². The van der Waals surface area contributed by atoms with E-state index in [1.165, 1.54) is 0 Å². The number of aromatic nitrogens is 3. The lowest BCUT2D eigenvalue weighted by atomic mass is 9.67. The van der Waals surface area contributed by atoms with Gasteiger partial charge < -0.3 is 24.8 Å². The number of nitrogens with zero attached hydrogens (tertiary/aromatic N) is 4. The van der Waals surface area contributed by atoms with Crippen molar-refractivity contribution >= 4 is 29.5 Å². The van der Waals surface area contributed by atoms with E-state index >= 15 is 0 Å². The molecular weight excluding hydrogens is 556 g/mol. The molecule has 2 aliphatic rings. The first-order chi connectivity index (χ1) is 20.0. The summed E-state index contributed by atoms with van der Waals surface area (Å²) < 4.78 is 7.33. The van der Waals surface area contributed by atoms with Gasteiger partial charge in [-0.25, -0.2) is 4.79 Å². The van der Waals surface area contributed by atoms with Crippen LogP contribution in [0.25, 0.3) is 11.4 Å². The quantitative estimate of drug-likeness (QED) is 0.424. The van der Waals surface area contributed by atoms with E-state index in [1.807, 2.05) is 54.5 Å². The summed E-state index contributed by atoms with van der Waals surface area (Å²) in [6.07, 6.45) is 2.62. The Labute approximate surface area is 250 Å². The fraction of sp³-hybridized carbons (Fsp3) is 0.452. The molecule has 2 heterocycles. The van der Waals surface area contributed by atoms with E-state index in [9.17, 15) is 14.4 Å². The summed E-state index contributed by atoms with van der Waals surface area (Å²) in [5.74, 6) is 0.542. The molecule has 1 aromatic heterocycles. The third-order valence-corrected chi connectivity index (χ3v) is 8.37. The largest absolute Gasteiger partial charge is 0.444 e. The molecule has 10 nitrogen and oxygen atoms in total. The van der Waals surface area contributed by atoms with Crippen molar-refractivity contribution in [1.82, 2.24) is 30.3 Å². The number of amides is 3. The monoisotopic (exact) mass is 592 g/mol. The second-order valence-corrected chi connectivity index (χ2v) is 12.5. The van der Waals surface area contributed by atoms with Crippen molar-refractivity contribution in [2.45, 2.75) is 70.1 Å². The standard InChI is InChI=1S/C31H37ClN6O4/c1-30(2,3)42-29(41)34-19-31(22-9-6-10-23(32)18-22)13-11-24(12-14-31)37-15-16-38-25(35-36-26(38)28(37)40)20-7-5-8-21(17-20)27(39)33-4/h5-10,17-18,24H,11-16,19H2,1-4H3,(H,33,39)(H,34,41)/t24-,31-. The van der Waals surface area contributed by atoms with Gasteiger partial charge in [0, 0.05) is 54.3 Å². The smallest absolute Gasteiger partial charge is 0.407 e. The predicted molar refractivity (Wildman–Crippen MR) is 160 cm³/mol. The molecule has 1 fully saturated rings. The Hall–Kier alpha value is -3.92. The van der Waals surface area contributed by atoms with Crippen molar-refractivity contribution in [1.29, 1.82) is 0 Å². The van der Waals surface area contributed by atoms with Crippen molar-refractivity contribution in [3.05, 3.63) is 70.5 Å². The number of nitrogens with one attached hydrogen (secondary N) is 2. The van der Waals surface area contributed by atoms with Gasteiger partial charge in [0.05, 0.1) is 0 Å². The van der Waals surface area contributed by atoms with Crippen LogP contribution >= 0.6 is 11.6 Å². The number of rotatable bonds is 6. The summed E-state index contributed by atoms with van der Waals surface area (Å²) in [4.78, 5) is 40.2. The number of carbonyl (C=O) groups is 3. The number of alkyl carbamates (subject to hydrolysis) is 1. The molecule has 0 radical (unpaired) electrons. The molecule has 1 aliphatic carbocycles. The molecule has 1 aliphatic heterocycles. The lowest BCUT2D eigenvalue weighted by Gasteiger charge is -2.45. The topological polar surface area (TPSA) is 118 Å². The fourth-order valence-corrected chi connectivity index (χ4v) is 6.22. The van der Waals surface area contributed by atoms with Gasteiger partial charge in [-0.05, 0) is 76.3 Å². The Morgan fingerprint density at radius 2 is 1.76 bits per heavy atom. The third kappa shape index (κ3) is 6.13. The van der Waals surface area contributed by atoms with Crippen LogP contribution in [-0.4, -0.2) is 69.4 Å². The predicted octanol–water partition coefficient (Wildman–Crippen LogP) is 4.82. The maximum atomic E-state index is 13.7. The van der Waals surface area contributed by atoms with Crippen molar-refractivity contribution in [2.24, 2.45) is 0 Å². The number of carbonyl (C=O) groups excluding carboxylic acids is 3. The van der Waals surface area contributed by atoms with E-state index < -0.39 is 11.7 Å². The van der Waals surface area contributed by atoms with Gasteiger partial charge in [0.25, 0.3) is 11.8 Å². The molecule has 1 saturated carbocycles. The normalized spacial score (nSPS) is 20.5. The Morgan fingerprint density at radius 3 is 2.45 bits per heavy atom. The molecular formula is C31H37ClN6O4. The zero-order valence-electron chi connectivity index (χ0n) is 24.4. The number of halogens is 1. The summed E-state index contributed by atoms with van der Waals surface area (Å²) in [6.45, 7) is 7.03. The first kappa shape index (κ1) is 29.6. The van der Waals surface area contributed by atoms with E-state index in [0.717, 1.165) is 36.8 Å². The highest BCUT2D eigenvalue weighted by Gasteiger charge is 2.42. The van der Waals surface area contributed by atoms with Crippen molar-refractivity contribution in [3.8, 4) is 11.4 Å². The second kappa shape index (κ2) is 11.8. The Bertz CT molecular complexity index is 1490. The molecule has 0 saturated heterocycles. The maximum Gasteiger partial charge on any atom is 0.407 e. The van der Waals surface area contributed by atoms with Crippen LogP contribution in [0.4, 0.5) is 4.79 Å². The second-order valence-electron chi connectivity index (χ2n) is 12.0. The van der Waals surface area contributed by atoms with E-state index in [-0.39, 0.29) is 23.3 Å². The third-order valence-electron chi connectivity index (χ3n) is 8.14. The van der Waals surface area contributed by atoms with Gasteiger partial charge in [-0.3, -0.25) is 9.59 Å². The summed E-state index contributed by atoms with van der Waals surface area (Å²) >= 11 is 6.37. The average molecular weight is 593 g/mol. The van der Waals surface area contributed by atoms with Gasteiger partial charge in [-0.2, -0.15) is 0 Å². The van der Waals surface area contributed by atoms with Crippen molar-refractivity contribution in [3.63, 3.8) is 0 Å². The van der Waals surface area contributed by atoms with Crippen LogP contribution in [0.2, 0.25) is 5.02 Å². The molecule has 0 atom stereocenters. The molecule has 11 heteroatoms. The summed E-state index contributed by atoms with van der Waals surface area (Å²) in [5.41, 5.74) is 1.39. The van der Waals surface area contributed by atoms with Crippen LogP contribution in [0.15, 0.2) is 48.5 Å². The number of hydrogen-bond acceptors (Lipinski definition) is 6. The van der Waals surface area contributed by atoms with Crippen LogP contribution in [-0.2, 0) is 16.7 Å². The highest BCUT2D eigenvalue weighted by molar-refractivity contribution is 6.30. The van der Waals surface area contributed by atoms with Crippen LogP contribution < -0.4 is 10.6 Å². The number of ether oxygens (including phenoxy) is 1. The van der Waals surface area contributed by atoms with E-state index in [0.29, 0.717) is 41.9 Å². The minimum Gasteiger partial charge on any atom is -0.444 e. The molecule has 3 amide bonds. The molecule has 0 unspecified atom stereocenters. The summed E-state index contributed by atoms with van der Waals surface area (Å²) in [7, 11) is 1.59. The van der Waals surface area contributed by atoms with Crippen LogP contribution in [0, 0.1) is 0 Å². The minimum atomic E-state index is -0.590. The zero-order chi connectivity index (χ0) is 30.1. The van der Waals surface area contributed by atoms with Crippen molar-refractivity contribution < 1.29 is 19.1 Å². The van der Waals surface area contributed by atoms with Crippen molar-refractivity contribution in [2.75, 3.05) is 20.1 Å². The number of fused-ring (bicyclic) bond motifs is 1. The lowest BCUT2D eigenvalue weighted by Crippen LogP contribution is -2.51. The highest BCUT2D eigenvalue weighted by Crippen LogP contribution is 2.42. The number of hydrogen-bond donors (Lipinski definition) is 2. The maximum absolute atomic E-state index is 13.7. The molecule has 3 aromatic rings. The minimum absolute atomic E-state index is 0.0387. The van der Waals surface area contributed by atoms with Gasteiger partial charge in [0.15, 0.2) is 5.82 Å². The molecule has 5 rings (SSSR count). The van der Waals surface area contributed by atoms with Gasteiger partial charge in [0.2, 0.25) is 5.82 Å².